The third kappa shape index (κ3) is 6.74. The number of carbonyl (C=O) groups excluding carboxylic acids is 2. The molecule has 0 radical (unpaired) electrons. The molecular weight excluding hydrogens is 318 g/mol. The molecule has 1 heterocycles. The number of benzene rings is 1. The van der Waals surface area contributed by atoms with Gasteiger partial charge in [-0.25, -0.2) is 0 Å². The first-order valence-electron chi connectivity index (χ1n) is 8.94. The number of carbonyl (C=O) groups is 2. The van der Waals surface area contributed by atoms with Crippen molar-refractivity contribution in [1.82, 2.24) is 14.7 Å². The van der Waals surface area contributed by atoms with Crippen molar-refractivity contribution in [1.29, 1.82) is 0 Å². The molecule has 1 saturated heterocycles. The van der Waals surface area contributed by atoms with E-state index in [2.05, 4.69) is 0 Å². The number of piperazine rings is 1. The highest BCUT2D eigenvalue weighted by Crippen LogP contribution is 2.10. The number of hydrogen-bond acceptors (Lipinski definition) is 4. The van der Waals surface area contributed by atoms with Gasteiger partial charge in [-0.05, 0) is 32.6 Å². The normalized spacial score (nSPS) is 14.7. The van der Waals surface area contributed by atoms with Gasteiger partial charge in [0.1, 0.15) is 5.75 Å². The van der Waals surface area contributed by atoms with E-state index in [0.717, 1.165) is 12.3 Å². The van der Waals surface area contributed by atoms with E-state index in [-0.39, 0.29) is 11.8 Å². The summed E-state index contributed by atoms with van der Waals surface area (Å²) in [5.41, 5.74) is 0. The SMILES string of the molecule is CN(C)CCC(=O)N1CCN(C(=O)CCCOc2ccccc2)CC1. The average Bonchev–Trinajstić information content (AvgIpc) is 2.64. The molecule has 1 aromatic carbocycles. The van der Waals surface area contributed by atoms with Crippen molar-refractivity contribution in [2.75, 3.05) is 53.4 Å². The van der Waals surface area contributed by atoms with Crippen molar-refractivity contribution in [3.05, 3.63) is 30.3 Å². The lowest BCUT2D eigenvalue weighted by Crippen LogP contribution is -2.50. The fourth-order valence-electron chi connectivity index (χ4n) is 2.77. The molecule has 0 N–H and O–H groups in total. The minimum absolute atomic E-state index is 0.150. The van der Waals surface area contributed by atoms with Gasteiger partial charge in [-0.2, -0.15) is 0 Å². The van der Waals surface area contributed by atoms with Gasteiger partial charge in [-0.15, -0.1) is 0 Å². The quantitative estimate of drug-likeness (QED) is 0.668. The van der Waals surface area contributed by atoms with E-state index in [0.29, 0.717) is 52.0 Å². The van der Waals surface area contributed by atoms with Crippen LogP contribution < -0.4 is 4.74 Å². The monoisotopic (exact) mass is 347 g/mol. The minimum Gasteiger partial charge on any atom is -0.494 e. The zero-order chi connectivity index (χ0) is 18.1. The molecule has 0 saturated carbocycles. The lowest BCUT2D eigenvalue weighted by atomic mass is 10.2. The molecule has 0 aliphatic carbocycles. The molecule has 1 aliphatic rings. The second kappa shape index (κ2) is 10.0. The average molecular weight is 347 g/mol. The molecular formula is C19H29N3O3. The Bertz CT molecular complexity index is 540. The van der Waals surface area contributed by atoms with Gasteiger partial charge in [-0.1, -0.05) is 18.2 Å². The van der Waals surface area contributed by atoms with Gasteiger partial charge in [0.05, 0.1) is 6.61 Å². The van der Waals surface area contributed by atoms with Gasteiger partial charge < -0.3 is 19.4 Å². The molecule has 6 heteroatoms. The summed E-state index contributed by atoms with van der Waals surface area (Å²) in [5.74, 6) is 1.16. The molecule has 0 unspecified atom stereocenters. The third-order valence-electron chi connectivity index (χ3n) is 4.30. The Kier molecular flexibility index (Phi) is 7.73. The molecule has 0 aromatic heterocycles. The first-order valence-corrected chi connectivity index (χ1v) is 8.94. The Hall–Kier alpha value is -2.08. The maximum absolute atomic E-state index is 12.3. The zero-order valence-electron chi connectivity index (χ0n) is 15.3. The molecule has 0 bridgehead atoms. The van der Waals surface area contributed by atoms with Crippen molar-refractivity contribution >= 4 is 11.8 Å². The first kappa shape index (κ1) is 19.2. The summed E-state index contributed by atoms with van der Waals surface area (Å²) in [7, 11) is 3.93. The lowest BCUT2D eigenvalue weighted by molar-refractivity contribution is -0.139. The van der Waals surface area contributed by atoms with Crippen molar-refractivity contribution in [3.8, 4) is 5.75 Å². The molecule has 1 fully saturated rings. The Labute approximate surface area is 150 Å². The smallest absolute Gasteiger partial charge is 0.223 e. The fourth-order valence-corrected chi connectivity index (χ4v) is 2.77. The molecule has 25 heavy (non-hydrogen) atoms. The van der Waals surface area contributed by atoms with Crippen LogP contribution in [0.15, 0.2) is 30.3 Å². The molecule has 2 rings (SSSR count). The van der Waals surface area contributed by atoms with Crippen molar-refractivity contribution < 1.29 is 14.3 Å². The van der Waals surface area contributed by atoms with Crippen LogP contribution in [-0.2, 0) is 9.59 Å². The van der Waals surface area contributed by atoms with Crippen LogP contribution in [0, 0.1) is 0 Å². The molecule has 1 aromatic rings. The summed E-state index contributed by atoms with van der Waals surface area (Å²) in [6.45, 7) is 3.84. The van der Waals surface area contributed by atoms with Crippen LogP contribution in [0.25, 0.3) is 0 Å². The van der Waals surface area contributed by atoms with Crippen LogP contribution >= 0.6 is 0 Å². The predicted molar refractivity (Wildman–Crippen MR) is 97.5 cm³/mol. The fraction of sp³-hybridized carbons (Fsp3) is 0.579. The van der Waals surface area contributed by atoms with Crippen molar-refractivity contribution in [2.45, 2.75) is 19.3 Å². The maximum Gasteiger partial charge on any atom is 0.223 e. The Balaban J connectivity index is 1.61. The molecule has 0 atom stereocenters. The molecule has 6 nitrogen and oxygen atoms in total. The maximum atomic E-state index is 12.3. The summed E-state index contributed by atoms with van der Waals surface area (Å²) in [6.07, 6.45) is 1.73. The van der Waals surface area contributed by atoms with Crippen molar-refractivity contribution in [2.24, 2.45) is 0 Å². The summed E-state index contributed by atoms with van der Waals surface area (Å²) in [4.78, 5) is 30.1. The summed E-state index contributed by atoms with van der Waals surface area (Å²) in [5, 5.41) is 0. The van der Waals surface area contributed by atoms with E-state index in [1.165, 1.54) is 0 Å². The van der Waals surface area contributed by atoms with Crippen molar-refractivity contribution in [3.63, 3.8) is 0 Å². The van der Waals surface area contributed by atoms with E-state index < -0.39 is 0 Å². The van der Waals surface area contributed by atoms with Crippen LogP contribution in [0.1, 0.15) is 19.3 Å². The first-order chi connectivity index (χ1) is 12.1. The van der Waals surface area contributed by atoms with Crippen LogP contribution in [0.5, 0.6) is 5.75 Å². The Morgan fingerprint density at radius 3 is 2.08 bits per heavy atom. The topological polar surface area (TPSA) is 53.1 Å². The van der Waals surface area contributed by atoms with E-state index in [1.54, 1.807) is 0 Å². The van der Waals surface area contributed by atoms with Gasteiger partial charge >= 0.3 is 0 Å². The standard InChI is InChI=1S/C19H29N3O3/c1-20(2)11-10-19(24)22-14-12-21(13-15-22)18(23)9-6-16-25-17-7-4-3-5-8-17/h3-5,7-8H,6,9-16H2,1-2H3. The van der Waals surface area contributed by atoms with E-state index in [1.807, 2.05) is 59.1 Å². The summed E-state index contributed by atoms with van der Waals surface area (Å²) in [6, 6.07) is 9.63. The Morgan fingerprint density at radius 1 is 0.960 bits per heavy atom. The van der Waals surface area contributed by atoms with Gasteiger partial charge in [0.15, 0.2) is 0 Å². The highest BCUT2D eigenvalue weighted by Gasteiger charge is 2.23. The van der Waals surface area contributed by atoms with Crippen LogP contribution in [0.2, 0.25) is 0 Å². The largest absolute Gasteiger partial charge is 0.494 e. The van der Waals surface area contributed by atoms with Gasteiger partial charge in [0.25, 0.3) is 0 Å². The molecule has 138 valence electrons. The number of para-hydroxylation sites is 1. The number of hydrogen-bond donors (Lipinski definition) is 0. The van der Waals surface area contributed by atoms with Crippen LogP contribution in [0.3, 0.4) is 0 Å². The third-order valence-corrected chi connectivity index (χ3v) is 4.30. The second-order valence-electron chi connectivity index (χ2n) is 6.58. The molecule has 1 aliphatic heterocycles. The molecule has 0 spiro atoms. The highest BCUT2D eigenvalue weighted by atomic mass is 16.5. The zero-order valence-corrected chi connectivity index (χ0v) is 15.3. The van der Waals surface area contributed by atoms with E-state index >= 15 is 0 Å². The summed E-state index contributed by atoms with van der Waals surface area (Å²) < 4.78 is 5.61. The van der Waals surface area contributed by atoms with Crippen LogP contribution in [-0.4, -0.2) is 79.9 Å². The Morgan fingerprint density at radius 2 is 1.52 bits per heavy atom. The second-order valence-corrected chi connectivity index (χ2v) is 6.58. The number of amides is 2. The lowest BCUT2D eigenvalue weighted by Gasteiger charge is -2.35. The molecule has 2 amide bonds. The highest BCUT2D eigenvalue weighted by molar-refractivity contribution is 5.78. The number of nitrogens with zero attached hydrogens (tertiary/aromatic N) is 3. The van der Waals surface area contributed by atoms with Crippen LogP contribution in [0.4, 0.5) is 0 Å². The van der Waals surface area contributed by atoms with Gasteiger partial charge in [0, 0.05) is 45.6 Å². The van der Waals surface area contributed by atoms with E-state index in [4.69, 9.17) is 4.74 Å². The predicted octanol–water partition coefficient (Wildman–Crippen LogP) is 1.47. The van der Waals surface area contributed by atoms with Gasteiger partial charge in [0.2, 0.25) is 11.8 Å². The number of rotatable bonds is 8. The summed E-state index contributed by atoms with van der Waals surface area (Å²) >= 11 is 0. The minimum atomic E-state index is 0.150. The van der Waals surface area contributed by atoms with E-state index in [9.17, 15) is 9.59 Å². The number of ether oxygens (including phenoxy) is 1. The van der Waals surface area contributed by atoms with Gasteiger partial charge in [-0.3, -0.25) is 9.59 Å².